The van der Waals surface area contributed by atoms with Gasteiger partial charge in [0.25, 0.3) is 0 Å². The number of carbonyl (C=O) groups is 1. The van der Waals surface area contributed by atoms with Crippen LogP contribution in [0.4, 0.5) is 0 Å². The summed E-state index contributed by atoms with van der Waals surface area (Å²) >= 11 is 0. The van der Waals surface area contributed by atoms with Gasteiger partial charge in [-0.3, -0.25) is 4.79 Å². The molecule has 9 heteroatoms. The molecule has 0 bridgehead atoms. The Labute approximate surface area is 315 Å². The van der Waals surface area contributed by atoms with Gasteiger partial charge in [-0.05, 0) is 57.8 Å². The molecule has 0 aromatic carbocycles. The van der Waals surface area contributed by atoms with E-state index in [-0.39, 0.29) is 25.6 Å². The van der Waals surface area contributed by atoms with Crippen LogP contribution in [0.5, 0.6) is 0 Å². The van der Waals surface area contributed by atoms with E-state index in [4.69, 9.17) is 18.9 Å². The SMILES string of the molecule is CC/C=C\C/C=C\C/C=C\C/C=C\C/C=C\CCCCCC(=O)OC(COCCCCCCCCCCCC)COC1OC(CO)C(O)C(O)C1O. The van der Waals surface area contributed by atoms with Gasteiger partial charge in [0.1, 0.15) is 30.5 Å². The normalized spacial score (nSPS) is 21.8. The third kappa shape index (κ3) is 25.8. The summed E-state index contributed by atoms with van der Waals surface area (Å²) in [7, 11) is 0. The Balaban J connectivity index is 2.33. The van der Waals surface area contributed by atoms with Crippen LogP contribution in [0.25, 0.3) is 0 Å². The number of unbranched alkanes of at least 4 members (excludes halogenated alkanes) is 12. The minimum absolute atomic E-state index is 0.128. The van der Waals surface area contributed by atoms with E-state index in [0.717, 1.165) is 64.2 Å². The minimum Gasteiger partial charge on any atom is -0.457 e. The van der Waals surface area contributed by atoms with Crippen LogP contribution in [-0.2, 0) is 23.7 Å². The molecular formula is C43H74O9. The summed E-state index contributed by atoms with van der Waals surface area (Å²) in [5.41, 5.74) is 0. The minimum atomic E-state index is -1.54. The smallest absolute Gasteiger partial charge is 0.306 e. The predicted octanol–water partition coefficient (Wildman–Crippen LogP) is 8.35. The summed E-state index contributed by atoms with van der Waals surface area (Å²) in [6.45, 7) is 4.37. The zero-order valence-corrected chi connectivity index (χ0v) is 32.5. The number of aliphatic hydroxyl groups is 4. The highest BCUT2D eigenvalue weighted by Crippen LogP contribution is 2.22. The second kappa shape index (κ2) is 34.6. The Morgan fingerprint density at radius 3 is 1.75 bits per heavy atom. The van der Waals surface area contributed by atoms with Gasteiger partial charge in [0.05, 0.1) is 19.8 Å². The average Bonchev–Trinajstić information content (AvgIpc) is 3.14. The third-order valence-corrected chi connectivity index (χ3v) is 8.95. The van der Waals surface area contributed by atoms with Gasteiger partial charge in [-0.15, -0.1) is 0 Å². The van der Waals surface area contributed by atoms with Crippen molar-refractivity contribution in [2.75, 3.05) is 26.4 Å². The molecule has 0 radical (unpaired) electrons. The van der Waals surface area contributed by atoms with Gasteiger partial charge in [-0.2, -0.15) is 0 Å². The molecule has 4 N–H and O–H groups in total. The summed E-state index contributed by atoms with van der Waals surface area (Å²) < 4.78 is 22.7. The first-order chi connectivity index (χ1) is 25.4. The lowest BCUT2D eigenvalue weighted by Gasteiger charge is -2.39. The summed E-state index contributed by atoms with van der Waals surface area (Å²) in [4.78, 5) is 12.7. The number of allylic oxidation sites excluding steroid dienone is 10. The van der Waals surface area contributed by atoms with Crippen LogP contribution in [0.15, 0.2) is 60.8 Å². The fraction of sp³-hybridized carbons (Fsp3) is 0.744. The Hall–Kier alpha value is -2.11. The van der Waals surface area contributed by atoms with Crippen molar-refractivity contribution in [1.29, 1.82) is 0 Å². The number of esters is 1. The fourth-order valence-electron chi connectivity index (χ4n) is 5.75. The van der Waals surface area contributed by atoms with Crippen molar-refractivity contribution < 1.29 is 44.2 Å². The van der Waals surface area contributed by atoms with Crippen LogP contribution in [-0.4, -0.2) is 89.6 Å². The summed E-state index contributed by atoms with van der Waals surface area (Å²) in [6, 6.07) is 0. The van der Waals surface area contributed by atoms with Gasteiger partial charge in [-0.25, -0.2) is 0 Å². The van der Waals surface area contributed by atoms with Crippen molar-refractivity contribution in [3.8, 4) is 0 Å². The first kappa shape index (κ1) is 47.9. The van der Waals surface area contributed by atoms with E-state index in [2.05, 4.69) is 74.6 Å². The van der Waals surface area contributed by atoms with E-state index in [1.165, 1.54) is 51.4 Å². The molecule has 300 valence electrons. The van der Waals surface area contributed by atoms with Crippen molar-refractivity contribution in [2.45, 2.75) is 179 Å². The molecule has 9 nitrogen and oxygen atoms in total. The molecular weight excluding hydrogens is 660 g/mol. The number of aliphatic hydroxyl groups excluding tert-OH is 4. The fourth-order valence-corrected chi connectivity index (χ4v) is 5.75. The monoisotopic (exact) mass is 735 g/mol. The van der Waals surface area contributed by atoms with Crippen LogP contribution in [0, 0.1) is 0 Å². The van der Waals surface area contributed by atoms with Crippen LogP contribution in [0.2, 0.25) is 0 Å². The molecule has 1 aliphatic rings. The largest absolute Gasteiger partial charge is 0.457 e. The highest BCUT2D eigenvalue weighted by atomic mass is 16.7. The van der Waals surface area contributed by atoms with E-state index < -0.39 is 43.4 Å². The third-order valence-electron chi connectivity index (χ3n) is 8.95. The molecule has 6 unspecified atom stereocenters. The van der Waals surface area contributed by atoms with Gasteiger partial charge in [0.15, 0.2) is 6.29 Å². The Bertz CT molecular complexity index is 974. The van der Waals surface area contributed by atoms with E-state index in [9.17, 15) is 25.2 Å². The first-order valence-electron chi connectivity index (χ1n) is 20.4. The standard InChI is InChI=1S/C43H74O9/c1-3-5-7-9-11-13-15-16-17-18-19-20-21-22-23-24-26-28-30-32-39(45)51-37(35-49-33-31-29-27-25-14-12-10-8-6-4-2)36-50-43-42(48)41(47)40(46)38(34-44)52-43/h5,7,11,13,16-17,19-20,22-23,37-38,40-44,46-48H,3-4,6,8-10,12,14-15,18,21,24-36H2,1-2H3/b7-5-,13-11-,17-16-,20-19-,23-22-. The zero-order chi connectivity index (χ0) is 37.9. The number of hydrogen-bond donors (Lipinski definition) is 4. The van der Waals surface area contributed by atoms with Crippen LogP contribution in [0.1, 0.15) is 142 Å². The maximum absolute atomic E-state index is 12.7. The highest BCUT2D eigenvalue weighted by molar-refractivity contribution is 5.69. The first-order valence-corrected chi connectivity index (χ1v) is 20.4. The van der Waals surface area contributed by atoms with Gasteiger partial charge < -0.3 is 39.4 Å². The maximum Gasteiger partial charge on any atom is 0.306 e. The quantitative estimate of drug-likeness (QED) is 0.0298. The maximum atomic E-state index is 12.7. The van der Waals surface area contributed by atoms with Crippen molar-refractivity contribution >= 4 is 5.97 Å². The van der Waals surface area contributed by atoms with E-state index >= 15 is 0 Å². The molecule has 0 saturated carbocycles. The zero-order valence-electron chi connectivity index (χ0n) is 32.5. The lowest BCUT2D eigenvalue weighted by Crippen LogP contribution is -2.59. The molecule has 0 spiro atoms. The van der Waals surface area contributed by atoms with Crippen LogP contribution in [0.3, 0.4) is 0 Å². The van der Waals surface area contributed by atoms with Crippen LogP contribution >= 0.6 is 0 Å². The summed E-state index contributed by atoms with van der Waals surface area (Å²) in [5.74, 6) is -0.347. The Morgan fingerprint density at radius 1 is 0.635 bits per heavy atom. The molecule has 0 aliphatic carbocycles. The second-order valence-electron chi connectivity index (χ2n) is 13.7. The van der Waals surface area contributed by atoms with Gasteiger partial charge >= 0.3 is 5.97 Å². The molecule has 6 atom stereocenters. The molecule has 0 aromatic heterocycles. The predicted molar refractivity (Wildman–Crippen MR) is 210 cm³/mol. The summed E-state index contributed by atoms with van der Waals surface area (Å²) in [5, 5.41) is 40.0. The molecule has 0 aromatic rings. The lowest BCUT2D eigenvalue weighted by atomic mass is 9.99. The molecule has 0 amide bonds. The number of ether oxygens (including phenoxy) is 4. The topological polar surface area (TPSA) is 135 Å². The molecule has 1 fully saturated rings. The van der Waals surface area contributed by atoms with Gasteiger partial charge in [0.2, 0.25) is 0 Å². The van der Waals surface area contributed by atoms with E-state index in [0.29, 0.717) is 13.0 Å². The molecule has 1 saturated heterocycles. The average molecular weight is 735 g/mol. The molecule has 1 heterocycles. The molecule has 52 heavy (non-hydrogen) atoms. The van der Waals surface area contributed by atoms with Gasteiger partial charge in [0, 0.05) is 13.0 Å². The number of carbonyl (C=O) groups excluding carboxylic acids is 1. The summed E-state index contributed by atoms with van der Waals surface area (Å²) in [6.07, 6.45) is 35.3. The van der Waals surface area contributed by atoms with E-state index in [1.54, 1.807) is 0 Å². The van der Waals surface area contributed by atoms with Crippen molar-refractivity contribution in [1.82, 2.24) is 0 Å². The Morgan fingerprint density at radius 2 is 1.17 bits per heavy atom. The second-order valence-corrected chi connectivity index (χ2v) is 13.7. The number of hydrogen-bond acceptors (Lipinski definition) is 9. The van der Waals surface area contributed by atoms with Crippen molar-refractivity contribution in [3.05, 3.63) is 60.8 Å². The van der Waals surface area contributed by atoms with Gasteiger partial charge in [-0.1, -0.05) is 139 Å². The lowest BCUT2D eigenvalue weighted by molar-refractivity contribution is -0.305. The number of rotatable bonds is 33. The Kier molecular flexibility index (Phi) is 31.9. The molecule has 1 rings (SSSR count). The highest BCUT2D eigenvalue weighted by Gasteiger charge is 2.44. The van der Waals surface area contributed by atoms with Crippen molar-refractivity contribution in [3.63, 3.8) is 0 Å². The van der Waals surface area contributed by atoms with E-state index in [1.807, 2.05) is 0 Å². The van der Waals surface area contributed by atoms with Crippen LogP contribution < -0.4 is 0 Å². The van der Waals surface area contributed by atoms with Crippen molar-refractivity contribution in [2.24, 2.45) is 0 Å². The molecule has 1 aliphatic heterocycles.